The molecule has 0 amide bonds. The Morgan fingerprint density at radius 3 is 2.85 bits per heavy atom. The molecule has 0 unspecified atom stereocenters. The normalized spacial score (nSPS) is 10.8. The lowest BCUT2D eigenvalue weighted by Gasteiger charge is -2.05. The summed E-state index contributed by atoms with van der Waals surface area (Å²) in [6, 6.07) is 5.59. The van der Waals surface area contributed by atoms with Gasteiger partial charge in [0.1, 0.15) is 18.6 Å². The molecule has 9 nitrogen and oxygen atoms in total. The summed E-state index contributed by atoms with van der Waals surface area (Å²) >= 11 is 0. The fourth-order valence-electron chi connectivity index (χ4n) is 2.36. The van der Waals surface area contributed by atoms with Crippen LogP contribution in [0, 0.1) is 5.82 Å². The molecule has 0 aliphatic carbocycles. The number of nitrogens with zero attached hydrogens (tertiary/aromatic N) is 5. The molecule has 0 N–H and O–H groups in total. The van der Waals surface area contributed by atoms with E-state index < -0.39 is 29.5 Å². The SMILES string of the molecule is CCOC(=O)CC(=O)Cn1cnc2c(nnn2-c2cccc(F)c2)c1=O. The summed E-state index contributed by atoms with van der Waals surface area (Å²) in [5.41, 5.74) is -0.166. The number of carbonyl (C=O) groups excluding carboxylic acids is 2. The van der Waals surface area contributed by atoms with Crippen molar-refractivity contribution in [2.45, 2.75) is 19.9 Å². The van der Waals surface area contributed by atoms with Crippen LogP contribution in [-0.2, 0) is 20.9 Å². The minimum Gasteiger partial charge on any atom is -0.466 e. The second kappa shape index (κ2) is 7.21. The van der Waals surface area contributed by atoms with E-state index in [0.717, 1.165) is 10.9 Å². The van der Waals surface area contributed by atoms with Gasteiger partial charge in [0, 0.05) is 0 Å². The van der Waals surface area contributed by atoms with E-state index in [9.17, 15) is 18.8 Å². The third-order valence-corrected chi connectivity index (χ3v) is 3.48. The van der Waals surface area contributed by atoms with Crippen LogP contribution in [-0.4, -0.2) is 42.9 Å². The largest absolute Gasteiger partial charge is 0.466 e. The summed E-state index contributed by atoms with van der Waals surface area (Å²) in [7, 11) is 0. The first-order valence-corrected chi connectivity index (χ1v) is 7.73. The number of carbonyl (C=O) groups is 2. The minimum atomic E-state index is -0.656. The van der Waals surface area contributed by atoms with Gasteiger partial charge < -0.3 is 4.74 Å². The number of hydrogen-bond acceptors (Lipinski definition) is 7. The van der Waals surface area contributed by atoms with Crippen LogP contribution in [0.1, 0.15) is 13.3 Å². The van der Waals surface area contributed by atoms with Gasteiger partial charge in [-0.05, 0) is 25.1 Å². The zero-order chi connectivity index (χ0) is 18.7. The average molecular weight is 359 g/mol. The quantitative estimate of drug-likeness (QED) is 0.469. The fraction of sp³-hybridized carbons (Fsp3) is 0.250. The predicted molar refractivity (Wildman–Crippen MR) is 87.1 cm³/mol. The lowest BCUT2D eigenvalue weighted by atomic mass is 10.3. The number of aromatic nitrogens is 5. The Morgan fingerprint density at radius 1 is 1.31 bits per heavy atom. The molecular weight excluding hydrogens is 345 g/mol. The summed E-state index contributed by atoms with van der Waals surface area (Å²) in [5, 5.41) is 7.60. The number of ketones is 1. The second-order valence-electron chi connectivity index (χ2n) is 5.35. The van der Waals surface area contributed by atoms with Crippen molar-refractivity contribution in [3.05, 3.63) is 46.8 Å². The molecule has 10 heteroatoms. The zero-order valence-electron chi connectivity index (χ0n) is 13.8. The Hall–Kier alpha value is -3.43. The summed E-state index contributed by atoms with van der Waals surface area (Å²) in [6.45, 7) is 1.46. The van der Waals surface area contributed by atoms with Crippen molar-refractivity contribution >= 4 is 22.9 Å². The molecular formula is C16H14FN5O4. The number of Topliss-reactive ketones (excluding diaryl/α,β-unsaturated/α-hetero) is 1. The molecule has 26 heavy (non-hydrogen) atoms. The molecule has 0 spiro atoms. The third kappa shape index (κ3) is 3.48. The monoisotopic (exact) mass is 359 g/mol. The zero-order valence-corrected chi connectivity index (χ0v) is 13.8. The van der Waals surface area contributed by atoms with Gasteiger partial charge in [-0.3, -0.25) is 19.0 Å². The molecule has 2 aromatic heterocycles. The summed E-state index contributed by atoms with van der Waals surface area (Å²) in [6.07, 6.45) is 0.723. The van der Waals surface area contributed by atoms with Gasteiger partial charge in [0.15, 0.2) is 16.9 Å². The van der Waals surface area contributed by atoms with E-state index in [1.165, 1.54) is 22.9 Å². The molecule has 0 aliphatic heterocycles. The maximum Gasteiger partial charge on any atom is 0.313 e. The van der Waals surface area contributed by atoms with Crippen molar-refractivity contribution in [1.29, 1.82) is 0 Å². The molecule has 3 aromatic rings. The van der Waals surface area contributed by atoms with Crippen LogP contribution in [0.2, 0.25) is 0 Å². The lowest BCUT2D eigenvalue weighted by molar-refractivity contribution is -0.145. The number of halogens is 1. The van der Waals surface area contributed by atoms with Gasteiger partial charge in [-0.1, -0.05) is 11.3 Å². The molecule has 1 aromatic carbocycles. The second-order valence-corrected chi connectivity index (χ2v) is 5.35. The standard InChI is InChI=1S/C16H14FN5O4/c1-2-26-13(24)7-12(23)8-21-9-18-15-14(16(21)25)19-20-22(15)11-5-3-4-10(17)6-11/h3-6,9H,2,7-8H2,1H3. The predicted octanol–water partition coefficient (Wildman–Crippen LogP) is 0.639. The first-order valence-electron chi connectivity index (χ1n) is 7.73. The maximum atomic E-state index is 13.4. The van der Waals surface area contributed by atoms with Crippen molar-refractivity contribution in [3.8, 4) is 5.69 Å². The minimum absolute atomic E-state index is 0.0688. The molecule has 0 saturated heterocycles. The van der Waals surface area contributed by atoms with E-state index in [-0.39, 0.29) is 24.3 Å². The highest BCUT2D eigenvalue weighted by Gasteiger charge is 2.16. The summed E-state index contributed by atoms with van der Waals surface area (Å²) in [4.78, 5) is 39.7. The summed E-state index contributed by atoms with van der Waals surface area (Å²) < 4.78 is 20.3. The van der Waals surface area contributed by atoms with Gasteiger partial charge >= 0.3 is 5.97 Å². The molecule has 0 aliphatic rings. The molecule has 0 saturated carbocycles. The average Bonchev–Trinajstić information content (AvgIpc) is 3.02. The van der Waals surface area contributed by atoms with Crippen LogP contribution in [0.25, 0.3) is 16.9 Å². The van der Waals surface area contributed by atoms with Crippen LogP contribution in [0.15, 0.2) is 35.4 Å². The van der Waals surface area contributed by atoms with E-state index in [0.29, 0.717) is 5.69 Å². The molecule has 0 bridgehead atoms. The summed E-state index contributed by atoms with van der Waals surface area (Å²) in [5.74, 6) is -1.62. The lowest BCUT2D eigenvalue weighted by Crippen LogP contribution is -2.26. The highest BCUT2D eigenvalue weighted by Crippen LogP contribution is 2.12. The Kier molecular flexibility index (Phi) is 4.83. The van der Waals surface area contributed by atoms with Gasteiger partial charge in [-0.25, -0.2) is 9.37 Å². The number of benzene rings is 1. The van der Waals surface area contributed by atoms with Crippen LogP contribution >= 0.6 is 0 Å². The van der Waals surface area contributed by atoms with Crippen molar-refractivity contribution in [3.63, 3.8) is 0 Å². The Balaban J connectivity index is 1.89. The number of ether oxygens (including phenoxy) is 1. The maximum absolute atomic E-state index is 13.4. The topological polar surface area (TPSA) is 109 Å². The number of esters is 1. The van der Waals surface area contributed by atoms with Gasteiger partial charge in [-0.15, -0.1) is 5.10 Å². The molecule has 2 heterocycles. The highest BCUT2D eigenvalue weighted by molar-refractivity contribution is 5.95. The van der Waals surface area contributed by atoms with Gasteiger partial charge in [-0.2, -0.15) is 4.68 Å². The van der Waals surface area contributed by atoms with Crippen LogP contribution < -0.4 is 5.56 Å². The number of rotatable bonds is 6. The fourth-order valence-corrected chi connectivity index (χ4v) is 2.36. The van der Waals surface area contributed by atoms with Crippen molar-refractivity contribution < 1.29 is 18.7 Å². The first-order chi connectivity index (χ1) is 12.5. The van der Waals surface area contributed by atoms with Gasteiger partial charge in [0.05, 0.1) is 18.8 Å². The molecule has 0 atom stereocenters. The van der Waals surface area contributed by atoms with Crippen molar-refractivity contribution in [1.82, 2.24) is 24.5 Å². The van der Waals surface area contributed by atoms with E-state index in [4.69, 9.17) is 4.74 Å². The van der Waals surface area contributed by atoms with E-state index in [2.05, 4.69) is 15.3 Å². The van der Waals surface area contributed by atoms with Crippen LogP contribution in [0.3, 0.4) is 0 Å². The van der Waals surface area contributed by atoms with Crippen molar-refractivity contribution in [2.24, 2.45) is 0 Å². The Labute approximate surface area is 146 Å². The van der Waals surface area contributed by atoms with Crippen molar-refractivity contribution in [2.75, 3.05) is 6.61 Å². The smallest absolute Gasteiger partial charge is 0.313 e. The van der Waals surface area contributed by atoms with Gasteiger partial charge in [0.2, 0.25) is 0 Å². The van der Waals surface area contributed by atoms with Crippen LogP contribution in [0.4, 0.5) is 4.39 Å². The third-order valence-electron chi connectivity index (χ3n) is 3.48. The van der Waals surface area contributed by atoms with E-state index in [1.54, 1.807) is 13.0 Å². The Morgan fingerprint density at radius 2 is 2.12 bits per heavy atom. The van der Waals surface area contributed by atoms with Crippen LogP contribution in [0.5, 0.6) is 0 Å². The Bertz CT molecular complexity index is 1040. The van der Waals surface area contributed by atoms with Gasteiger partial charge in [0.25, 0.3) is 5.56 Å². The van der Waals surface area contributed by atoms with E-state index in [1.807, 2.05) is 0 Å². The number of fused-ring (bicyclic) bond motifs is 1. The molecule has 134 valence electrons. The molecule has 0 fully saturated rings. The van der Waals surface area contributed by atoms with E-state index >= 15 is 0 Å². The highest BCUT2D eigenvalue weighted by atomic mass is 19.1. The number of hydrogen-bond donors (Lipinski definition) is 0. The first kappa shape index (κ1) is 17.4. The molecule has 0 radical (unpaired) electrons. The molecule has 3 rings (SSSR count).